The third-order valence-corrected chi connectivity index (χ3v) is 6.85. The number of nitro benzene ring substituents is 1. The Kier molecular flexibility index (Phi) is 5.90. The number of morpholine rings is 1. The number of ether oxygens (including phenoxy) is 1. The first-order valence-corrected chi connectivity index (χ1v) is 10.5. The van der Waals surface area contributed by atoms with Crippen LogP contribution in [0.4, 0.5) is 10.8 Å². The fourth-order valence-corrected chi connectivity index (χ4v) is 4.78. The number of halogens is 1. The molecule has 14 heteroatoms. The van der Waals surface area contributed by atoms with Gasteiger partial charge in [-0.1, -0.05) is 22.9 Å². The van der Waals surface area contributed by atoms with Crippen LogP contribution >= 0.6 is 22.9 Å². The van der Waals surface area contributed by atoms with E-state index in [9.17, 15) is 23.3 Å². The Bertz CT molecular complexity index is 1030. The molecule has 0 spiro atoms. The van der Waals surface area contributed by atoms with E-state index in [0.717, 1.165) is 27.8 Å². The van der Waals surface area contributed by atoms with Gasteiger partial charge in [0.15, 0.2) is 0 Å². The number of aromatic nitrogens is 2. The number of benzene rings is 1. The second kappa shape index (κ2) is 8.05. The minimum absolute atomic E-state index is 0.102. The van der Waals surface area contributed by atoms with Crippen LogP contribution in [0, 0.1) is 17.0 Å². The van der Waals surface area contributed by atoms with Gasteiger partial charge in [0.1, 0.15) is 10.0 Å². The van der Waals surface area contributed by atoms with Gasteiger partial charge in [0.05, 0.1) is 28.6 Å². The second-order valence-electron chi connectivity index (χ2n) is 5.66. The van der Waals surface area contributed by atoms with Crippen LogP contribution in [0.15, 0.2) is 17.0 Å². The van der Waals surface area contributed by atoms with Crippen LogP contribution in [0.2, 0.25) is 5.02 Å². The number of hydrogen-bond acceptors (Lipinski definition) is 9. The summed E-state index contributed by atoms with van der Waals surface area (Å²) in [6.45, 7) is 2.30. The molecule has 1 amide bonds. The zero-order valence-electron chi connectivity index (χ0n) is 14.4. The highest BCUT2D eigenvalue weighted by Crippen LogP contribution is 2.33. The van der Waals surface area contributed by atoms with Crippen molar-refractivity contribution in [2.45, 2.75) is 11.8 Å². The summed E-state index contributed by atoms with van der Waals surface area (Å²) in [6.07, 6.45) is 0. The largest absolute Gasteiger partial charge is 0.379 e. The Morgan fingerprint density at radius 2 is 2.04 bits per heavy atom. The maximum Gasteiger partial charge on any atom is 0.290 e. The van der Waals surface area contributed by atoms with Crippen LogP contribution in [0.1, 0.15) is 15.4 Å². The molecule has 0 unspecified atom stereocenters. The van der Waals surface area contributed by atoms with Gasteiger partial charge in [-0.2, -0.15) is 4.31 Å². The van der Waals surface area contributed by atoms with E-state index in [0.29, 0.717) is 5.01 Å². The zero-order chi connectivity index (χ0) is 20.5. The van der Waals surface area contributed by atoms with Crippen LogP contribution in [0.5, 0.6) is 0 Å². The van der Waals surface area contributed by atoms with Gasteiger partial charge in [0, 0.05) is 19.2 Å². The molecule has 2 heterocycles. The zero-order valence-corrected chi connectivity index (χ0v) is 16.8. The molecule has 0 atom stereocenters. The highest BCUT2D eigenvalue weighted by molar-refractivity contribution is 7.89. The molecule has 1 aromatic heterocycles. The lowest BCUT2D eigenvalue weighted by molar-refractivity contribution is -0.384. The number of nitrogens with zero attached hydrogens (tertiary/aromatic N) is 4. The number of carbonyl (C=O) groups is 1. The number of hydrogen-bond donors (Lipinski definition) is 1. The molecular formula is C14H14ClN5O6S2. The molecule has 1 aliphatic rings. The SMILES string of the molecule is Cc1nnc(NC(=O)c2cc(S(=O)(=O)N3CCOCC3)cc([N+](=O)[O-])c2Cl)s1. The Morgan fingerprint density at radius 1 is 1.36 bits per heavy atom. The molecule has 0 radical (unpaired) electrons. The molecule has 0 saturated carbocycles. The standard InChI is InChI=1S/C14H14ClN5O6S2/c1-8-17-18-14(27-8)16-13(21)10-6-9(7-11(12(10)15)20(22)23)28(24,25)19-2-4-26-5-3-19/h6-7H,2-5H2,1H3,(H,16,18,21). The quantitative estimate of drug-likeness (QED) is 0.538. The summed E-state index contributed by atoms with van der Waals surface area (Å²) >= 11 is 7.10. The highest BCUT2D eigenvalue weighted by Gasteiger charge is 2.31. The first-order valence-electron chi connectivity index (χ1n) is 7.87. The van der Waals surface area contributed by atoms with Gasteiger partial charge in [-0.15, -0.1) is 10.2 Å². The fourth-order valence-electron chi connectivity index (χ4n) is 2.48. The number of amides is 1. The molecule has 1 aliphatic heterocycles. The topological polar surface area (TPSA) is 145 Å². The van der Waals surface area contributed by atoms with Crippen molar-refractivity contribution in [3.8, 4) is 0 Å². The summed E-state index contributed by atoms with van der Waals surface area (Å²) in [5, 5.41) is 21.5. The number of rotatable bonds is 5. The Morgan fingerprint density at radius 3 is 2.61 bits per heavy atom. The monoisotopic (exact) mass is 447 g/mol. The molecular weight excluding hydrogens is 434 g/mol. The van der Waals surface area contributed by atoms with Crippen molar-refractivity contribution < 1.29 is 22.9 Å². The highest BCUT2D eigenvalue weighted by atomic mass is 35.5. The summed E-state index contributed by atoms with van der Waals surface area (Å²) in [6, 6.07) is 1.86. The third-order valence-electron chi connectivity index (χ3n) is 3.82. The molecule has 1 aromatic carbocycles. The minimum atomic E-state index is -4.07. The normalized spacial score (nSPS) is 15.4. The van der Waals surface area contributed by atoms with Crippen molar-refractivity contribution >= 4 is 49.7 Å². The first-order chi connectivity index (χ1) is 13.2. The van der Waals surface area contributed by atoms with Crippen molar-refractivity contribution in [1.29, 1.82) is 0 Å². The van der Waals surface area contributed by atoms with Gasteiger partial charge < -0.3 is 4.74 Å². The van der Waals surface area contributed by atoms with Gasteiger partial charge in [-0.05, 0) is 13.0 Å². The number of anilines is 1. The average molecular weight is 448 g/mol. The van der Waals surface area contributed by atoms with E-state index in [4.69, 9.17) is 16.3 Å². The Hall–Kier alpha value is -2.19. The summed E-state index contributed by atoms with van der Waals surface area (Å²) < 4.78 is 32.0. The molecule has 2 aromatic rings. The summed E-state index contributed by atoms with van der Waals surface area (Å²) in [5.74, 6) is -0.830. The van der Waals surface area contributed by atoms with Crippen molar-refractivity contribution in [1.82, 2.24) is 14.5 Å². The number of carbonyl (C=O) groups excluding carboxylic acids is 1. The molecule has 3 rings (SSSR count). The van der Waals surface area contributed by atoms with Gasteiger partial charge in [-0.25, -0.2) is 8.42 Å². The first kappa shape index (κ1) is 20.5. The number of nitrogens with one attached hydrogen (secondary N) is 1. The van der Waals surface area contributed by atoms with Crippen molar-refractivity contribution in [3.63, 3.8) is 0 Å². The van der Waals surface area contributed by atoms with E-state index >= 15 is 0 Å². The van der Waals surface area contributed by atoms with E-state index in [1.165, 1.54) is 0 Å². The van der Waals surface area contributed by atoms with Crippen LogP contribution < -0.4 is 5.32 Å². The fraction of sp³-hybridized carbons (Fsp3) is 0.357. The van der Waals surface area contributed by atoms with Gasteiger partial charge in [-0.3, -0.25) is 20.2 Å². The number of aryl methyl sites for hydroxylation is 1. The van der Waals surface area contributed by atoms with Gasteiger partial charge in [0.25, 0.3) is 11.6 Å². The Balaban J connectivity index is 2.04. The molecule has 28 heavy (non-hydrogen) atoms. The summed E-state index contributed by atoms with van der Waals surface area (Å²) in [4.78, 5) is 22.7. The molecule has 150 valence electrons. The lowest BCUT2D eigenvalue weighted by Crippen LogP contribution is -2.40. The summed E-state index contributed by atoms with van der Waals surface area (Å²) in [5.41, 5.74) is -1.04. The average Bonchev–Trinajstić information content (AvgIpc) is 3.06. The molecule has 11 nitrogen and oxygen atoms in total. The van der Waals surface area contributed by atoms with E-state index in [1.807, 2.05) is 0 Å². The van der Waals surface area contributed by atoms with Crippen molar-refractivity contribution in [2.75, 3.05) is 31.6 Å². The van der Waals surface area contributed by atoms with Crippen LogP contribution in [0.3, 0.4) is 0 Å². The van der Waals surface area contributed by atoms with Crippen LogP contribution in [-0.4, -0.2) is 60.1 Å². The van der Waals surface area contributed by atoms with Gasteiger partial charge >= 0.3 is 0 Å². The molecule has 1 N–H and O–H groups in total. The summed E-state index contributed by atoms with van der Waals surface area (Å²) in [7, 11) is -4.07. The van der Waals surface area contributed by atoms with E-state index in [1.54, 1.807) is 6.92 Å². The molecule has 0 aliphatic carbocycles. The van der Waals surface area contributed by atoms with Crippen LogP contribution in [-0.2, 0) is 14.8 Å². The second-order valence-corrected chi connectivity index (χ2v) is 9.16. The van der Waals surface area contributed by atoms with Crippen LogP contribution in [0.25, 0.3) is 0 Å². The number of nitro groups is 1. The maximum absolute atomic E-state index is 12.9. The number of sulfonamides is 1. The predicted molar refractivity (Wildman–Crippen MR) is 100 cm³/mol. The Labute approximate surface area is 168 Å². The maximum atomic E-state index is 12.9. The predicted octanol–water partition coefficient (Wildman–Crippen LogP) is 1.68. The van der Waals surface area contributed by atoms with E-state index in [2.05, 4.69) is 15.5 Å². The third kappa shape index (κ3) is 4.12. The molecule has 1 fully saturated rings. The molecule has 0 bridgehead atoms. The van der Waals surface area contributed by atoms with E-state index < -0.39 is 36.5 Å². The van der Waals surface area contributed by atoms with Gasteiger partial charge in [0.2, 0.25) is 15.2 Å². The van der Waals surface area contributed by atoms with Crippen molar-refractivity contribution in [3.05, 3.63) is 37.8 Å². The molecule has 1 saturated heterocycles. The van der Waals surface area contributed by atoms with Crippen molar-refractivity contribution in [2.24, 2.45) is 0 Å². The lowest BCUT2D eigenvalue weighted by atomic mass is 10.2. The smallest absolute Gasteiger partial charge is 0.290 e. The van der Waals surface area contributed by atoms with E-state index in [-0.39, 0.29) is 37.0 Å². The minimum Gasteiger partial charge on any atom is -0.379 e. The lowest BCUT2D eigenvalue weighted by Gasteiger charge is -2.26.